The number of hydrogen-bond acceptors (Lipinski definition) is 2. The maximum absolute atomic E-state index is 13.8. The van der Waals surface area contributed by atoms with Gasteiger partial charge in [0.05, 0.1) is 0 Å². The normalized spacial score (nSPS) is 19.6. The predicted octanol–water partition coefficient (Wildman–Crippen LogP) is 3.42. The maximum atomic E-state index is 13.8. The topological polar surface area (TPSA) is 45.6 Å². The van der Waals surface area contributed by atoms with E-state index in [1.54, 1.807) is 7.05 Å². The fourth-order valence-corrected chi connectivity index (χ4v) is 2.59. The fourth-order valence-electron chi connectivity index (χ4n) is 2.59. The number of ether oxygens (including phenoxy) is 1. The lowest BCUT2D eigenvalue weighted by molar-refractivity contribution is 0.143. The highest BCUT2D eigenvalue weighted by Crippen LogP contribution is 2.42. The fraction of sp³-hybridized carbons (Fsp3) is 0.588. The van der Waals surface area contributed by atoms with Crippen molar-refractivity contribution < 1.29 is 13.5 Å². The lowest BCUT2D eigenvalue weighted by Gasteiger charge is -2.12. The minimum Gasteiger partial charge on any atom is -0.382 e. The first-order chi connectivity index (χ1) is 11.2. The average molecular weight is 453 g/mol. The standard InChI is InChI=1S/C17H25F2N3O.HI/c1-3-23-10-5-4-9-21-17(20-2)22-15-11-12(15)16-13(18)7-6-8-14(16)19;/h6-8,12,15H,3-5,9-11H2,1-2H3,(H2,20,21,22);1H. The second-order valence-corrected chi connectivity index (χ2v) is 5.63. The summed E-state index contributed by atoms with van der Waals surface area (Å²) in [6.45, 7) is 4.28. The largest absolute Gasteiger partial charge is 0.382 e. The van der Waals surface area contributed by atoms with Crippen molar-refractivity contribution in [3.05, 3.63) is 35.4 Å². The van der Waals surface area contributed by atoms with Crippen LogP contribution in [0.5, 0.6) is 0 Å². The highest BCUT2D eigenvalue weighted by molar-refractivity contribution is 14.0. The summed E-state index contributed by atoms with van der Waals surface area (Å²) in [7, 11) is 1.69. The van der Waals surface area contributed by atoms with Crippen molar-refractivity contribution in [3.63, 3.8) is 0 Å². The molecule has 1 aromatic rings. The van der Waals surface area contributed by atoms with E-state index in [0.717, 1.165) is 32.6 Å². The Morgan fingerprint density at radius 3 is 2.62 bits per heavy atom. The SMILES string of the molecule is CCOCCCCNC(=NC)NC1CC1c1c(F)cccc1F.I. The molecular weight excluding hydrogens is 427 g/mol. The van der Waals surface area contributed by atoms with Crippen LogP contribution in [0.25, 0.3) is 0 Å². The molecule has 136 valence electrons. The first-order valence-electron chi connectivity index (χ1n) is 8.16. The molecule has 2 N–H and O–H groups in total. The molecule has 1 aliphatic carbocycles. The van der Waals surface area contributed by atoms with Crippen LogP contribution < -0.4 is 10.6 Å². The monoisotopic (exact) mass is 453 g/mol. The van der Waals surface area contributed by atoms with Gasteiger partial charge in [0.25, 0.3) is 0 Å². The number of aliphatic imine (C=N–C) groups is 1. The molecule has 1 saturated carbocycles. The molecule has 2 atom stereocenters. The van der Waals surface area contributed by atoms with Crippen molar-refractivity contribution in [1.82, 2.24) is 10.6 Å². The number of nitrogens with one attached hydrogen (secondary N) is 2. The van der Waals surface area contributed by atoms with Crippen LogP contribution in [0.4, 0.5) is 8.78 Å². The first-order valence-corrected chi connectivity index (χ1v) is 8.16. The Kier molecular flexibility index (Phi) is 9.50. The van der Waals surface area contributed by atoms with Crippen molar-refractivity contribution >= 4 is 29.9 Å². The molecule has 24 heavy (non-hydrogen) atoms. The molecule has 1 aliphatic rings. The van der Waals surface area contributed by atoms with Gasteiger partial charge in [-0.2, -0.15) is 0 Å². The van der Waals surface area contributed by atoms with Crippen LogP contribution in [0, 0.1) is 11.6 Å². The number of halogens is 3. The third kappa shape index (κ3) is 6.16. The van der Waals surface area contributed by atoms with Gasteiger partial charge in [0.2, 0.25) is 0 Å². The van der Waals surface area contributed by atoms with Crippen molar-refractivity contribution in [2.75, 3.05) is 26.8 Å². The Morgan fingerprint density at radius 1 is 1.29 bits per heavy atom. The van der Waals surface area contributed by atoms with Gasteiger partial charge in [-0.05, 0) is 38.3 Å². The Labute approximate surface area is 159 Å². The number of rotatable bonds is 8. The number of nitrogens with zero attached hydrogens (tertiary/aromatic N) is 1. The minimum absolute atomic E-state index is 0. The third-order valence-electron chi connectivity index (χ3n) is 3.92. The van der Waals surface area contributed by atoms with Crippen LogP contribution in [0.15, 0.2) is 23.2 Å². The maximum Gasteiger partial charge on any atom is 0.191 e. The molecule has 0 aromatic heterocycles. The molecule has 0 aliphatic heterocycles. The average Bonchev–Trinajstić information content (AvgIpc) is 3.28. The molecular formula is C17H26F2IN3O. The molecule has 0 heterocycles. The van der Waals surface area contributed by atoms with E-state index >= 15 is 0 Å². The van der Waals surface area contributed by atoms with Crippen molar-refractivity contribution in [2.24, 2.45) is 4.99 Å². The molecule has 2 unspecified atom stereocenters. The van der Waals surface area contributed by atoms with E-state index in [4.69, 9.17) is 4.74 Å². The van der Waals surface area contributed by atoms with E-state index < -0.39 is 11.6 Å². The van der Waals surface area contributed by atoms with Crippen LogP contribution >= 0.6 is 24.0 Å². The molecule has 4 nitrogen and oxygen atoms in total. The highest BCUT2D eigenvalue weighted by Gasteiger charge is 2.42. The summed E-state index contributed by atoms with van der Waals surface area (Å²) in [5.74, 6) is -0.408. The summed E-state index contributed by atoms with van der Waals surface area (Å²) in [6, 6.07) is 4.02. The van der Waals surface area contributed by atoms with Crippen LogP contribution in [0.1, 0.15) is 37.7 Å². The lowest BCUT2D eigenvalue weighted by atomic mass is 10.1. The molecule has 0 spiro atoms. The van der Waals surface area contributed by atoms with Gasteiger partial charge in [-0.25, -0.2) is 8.78 Å². The van der Waals surface area contributed by atoms with Crippen LogP contribution in [-0.2, 0) is 4.74 Å². The van der Waals surface area contributed by atoms with Gasteiger partial charge in [0, 0.05) is 44.3 Å². The van der Waals surface area contributed by atoms with Gasteiger partial charge in [0.1, 0.15) is 11.6 Å². The summed E-state index contributed by atoms with van der Waals surface area (Å²) < 4.78 is 32.8. The first kappa shape index (κ1) is 21.1. The third-order valence-corrected chi connectivity index (χ3v) is 3.92. The van der Waals surface area contributed by atoms with Gasteiger partial charge in [-0.15, -0.1) is 24.0 Å². The van der Waals surface area contributed by atoms with Gasteiger partial charge in [-0.3, -0.25) is 4.99 Å². The summed E-state index contributed by atoms with van der Waals surface area (Å²) in [6.07, 6.45) is 2.68. The Balaban J connectivity index is 0.00000288. The van der Waals surface area contributed by atoms with E-state index in [2.05, 4.69) is 15.6 Å². The Morgan fingerprint density at radius 2 is 2.00 bits per heavy atom. The molecule has 0 bridgehead atoms. The molecule has 1 aromatic carbocycles. The number of hydrogen-bond donors (Lipinski definition) is 2. The summed E-state index contributed by atoms with van der Waals surface area (Å²) in [4.78, 5) is 4.15. The highest BCUT2D eigenvalue weighted by atomic mass is 127. The quantitative estimate of drug-likeness (QED) is 0.275. The van der Waals surface area contributed by atoms with E-state index in [0.29, 0.717) is 12.4 Å². The number of guanidine groups is 1. The second-order valence-electron chi connectivity index (χ2n) is 5.63. The smallest absolute Gasteiger partial charge is 0.191 e. The van der Waals surface area contributed by atoms with E-state index in [1.807, 2.05) is 6.92 Å². The zero-order valence-electron chi connectivity index (χ0n) is 14.1. The lowest BCUT2D eigenvalue weighted by Crippen LogP contribution is -2.39. The van der Waals surface area contributed by atoms with Crippen LogP contribution in [0.3, 0.4) is 0 Å². The van der Waals surface area contributed by atoms with E-state index in [1.165, 1.54) is 18.2 Å². The van der Waals surface area contributed by atoms with Crippen molar-refractivity contribution in [3.8, 4) is 0 Å². The van der Waals surface area contributed by atoms with Gasteiger partial charge in [0.15, 0.2) is 5.96 Å². The van der Waals surface area contributed by atoms with Crippen LogP contribution in [-0.4, -0.2) is 38.8 Å². The summed E-state index contributed by atoms with van der Waals surface area (Å²) in [5.41, 5.74) is 0.178. The summed E-state index contributed by atoms with van der Waals surface area (Å²) in [5, 5.41) is 6.43. The molecule has 0 saturated heterocycles. The second kappa shape index (κ2) is 10.8. The number of unbranched alkanes of at least 4 members (excludes halogenated alkanes) is 1. The summed E-state index contributed by atoms with van der Waals surface area (Å²) >= 11 is 0. The van der Waals surface area contributed by atoms with Crippen molar-refractivity contribution in [2.45, 2.75) is 38.1 Å². The van der Waals surface area contributed by atoms with Gasteiger partial charge >= 0.3 is 0 Å². The molecule has 1 fully saturated rings. The predicted molar refractivity (Wildman–Crippen MR) is 103 cm³/mol. The molecule has 7 heteroatoms. The Bertz CT molecular complexity index is 522. The Hall–Kier alpha value is -0.960. The van der Waals surface area contributed by atoms with Crippen molar-refractivity contribution in [1.29, 1.82) is 0 Å². The number of benzene rings is 1. The zero-order valence-corrected chi connectivity index (χ0v) is 16.5. The molecule has 0 radical (unpaired) electrons. The minimum atomic E-state index is -0.474. The van der Waals surface area contributed by atoms with Gasteiger partial charge in [-0.1, -0.05) is 6.07 Å². The zero-order chi connectivity index (χ0) is 16.7. The van der Waals surface area contributed by atoms with Crippen LogP contribution in [0.2, 0.25) is 0 Å². The van der Waals surface area contributed by atoms with E-state index in [9.17, 15) is 8.78 Å². The van der Waals surface area contributed by atoms with Gasteiger partial charge < -0.3 is 15.4 Å². The molecule has 0 amide bonds. The van der Waals surface area contributed by atoms with E-state index in [-0.39, 0.29) is 41.5 Å². The molecule has 2 rings (SSSR count).